The van der Waals surface area contributed by atoms with Crippen molar-refractivity contribution in [1.82, 2.24) is 5.32 Å². The summed E-state index contributed by atoms with van der Waals surface area (Å²) in [6.07, 6.45) is 6.42. The summed E-state index contributed by atoms with van der Waals surface area (Å²) in [5.74, 6) is -1.32. The molecule has 3 nitrogen and oxygen atoms in total. The van der Waals surface area contributed by atoms with Crippen molar-refractivity contribution >= 4 is 6.29 Å². The summed E-state index contributed by atoms with van der Waals surface area (Å²) < 4.78 is 60.8. The highest BCUT2D eigenvalue weighted by Gasteiger charge is 2.60. The van der Waals surface area contributed by atoms with Crippen LogP contribution in [0.15, 0.2) is 48.6 Å². The van der Waals surface area contributed by atoms with Gasteiger partial charge in [-0.15, -0.1) is 0 Å². The number of ether oxygens (including phenoxy) is 1. The predicted octanol–water partition coefficient (Wildman–Crippen LogP) is 6.99. The molecule has 1 aliphatic heterocycles. The first-order valence-corrected chi connectivity index (χ1v) is 13.6. The third-order valence-corrected chi connectivity index (χ3v) is 8.78. The Balaban J connectivity index is 0.000000447. The van der Waals surface area contributed by atoms with Gasteiger partial charge >= 0.3 is 0 Å². The Morgan fingerprint density at radius 3 is 2.34 bits per heavy atom. The van der Waals surface area contributed by atoms with E-state index in [0.29, 0.717) is 37.2 Å². The van der Waals surface area contributed by atoms with Crippen molar-refractivity contribution < 1.29 is 28.5 Å². The molecule has 7 heteroatoms. The number of halogens is 4. The second kappa shape index (κ2) is 10.6. The molecule has 1 saturated heterocycles. The van der Waals surface area contributed by atoms with E-state index in [1.165, 1.54) is 25.0 Å². The fraction of sp³-hybridized carbons (Fsp3) is 0.516. The first-order chi connectivity index (χ1) is 18.2. The quantitative estimate of drug-likeness (QED) is 0.227. The highest BCUT2D eigenvalue weighted by atomic mass is 19.1. The molecular weight excluding hydrogens is 494 g/mol. The van der Waals surface area contributed by atoms with Crippen LogP contribution in [0.3, 0.4) is 0 Å². The van der Waals surface area contributed by atoms with Crippen molar-refractivity contribution in [3.05, 3.63) is 71.6 Å². The van der Waals surface area contributed by atoms with Gasteiger partial charge in [-0.05, 0) is 91.2 Å². The van der Waals surface area contributed by atoms with E-state index >= 15 is 4.39 Å². The Morgan fingerprint density at radius 2 is 1.84 bits per heavy atom. The molecule has 38 heavy (non-hydrogen) atoms. The highest BCUT2D eigenvalue weighted by Crippen LogP contribution is 2.63. The molecule has 0 radical (unpaired) electrons. The number of rotatable bonds is 8. The second-order valence-electron chi connectivity index (χ2n) is 11.4. The lowest BCUT2D eigenvalue weighted by atomic mass is 9.80. The van der Waals surface area contributed by atoms with Crippen LogP contribution in [0.1, 0.15) is 52.4 Å². The first-order valence-electron chi connectivity index (χ1n) is 13.6. The highest BCUT2D eigenvalue weighted by molar-refractivity contribution is 5.66. The Bertz CT molecular complexity index is 1190. The van der Waals surface area contributed by atoms with Gasteiger partial charge < -0.3 is 10.1 Å². The summed E-state index contributed by atoms with van der Waals surface area (Å²) >= 11 is 0. The molecule has 2 aromatic carbocycles. The summed E-state index contributed by atoms with van der Waals surface area (Å²) in [7, 11) is 0. The third kappa shape index (κ3) is 5.46. The summed E-state index contributed by atoms with van der Waals surface area (Å²) in [6.45, 7) is 8.18. The molecule has 4 aliphatic rings. The molecule has 1 heterocycles. The molecule has 0 bridgehead atoms. The molecule has 3 saturated carbocycles. The Hall–Kier alpha value is -2.51. The van der Waals surface area contributed by atoms with Gasteiger partial charge in [0.25, 0.3) is 0 Å². The summed E-state index contributed by atoms with van der Waals surface area (Å²) in [5.41, 5.74) is 1.08. The SMILES string of the molecule is C=C(C1CC2(CC2)[C@H](NCC)[C@@H]1Cc1cccc(-c2cc(F)cc(F)c2)c1F)[C@H]1CCO1.O=CC1(F)CC1.[HH]. The van der Waals surface area contributed by atoms with E-state index in [9.17, 15) is 18.0 Å². The lowest BCUT2D eigenvalue weighted by molar-refractivity contribution is -0.113. The Morgan fingerprint density at radius 1 is 1.16 bits per heavy atom. The van der Waals surface area contributed by atoms with E-state index in [1.807, 2.05) is 0 Å². The molecule has 4 atom stereocenters. The van der Waals surface area contributed by atoms with Crippen molar-refractivity contribution in [3.63, 3.8) is 0 Å². The molecule has 3 aliphatic carbocycles. The molecule has 0 amide bonds. The molecule has 206 valence electrons. The van der Waals surface area contributed by atoms with Crippen molar-refractivity contribution in [3.8, 4) is 11.1 Å². The fourth-order valence-corrected chi connectivity index (χ4v) is 6.26. The number of benzene rings is 2. The average molecular weight is 532 g/mol. The number of hydrogen-bond acceptors (Lipinski definition) is 3. The van der Waals surface area contributed by atoms with E-state index in [2.05, 4.69) is 18.8 Å². The van der Waals surface area contributed by atoms with Gasteiger partial charge in [0.1, 0.15) is 17.5 Å². The summed E-state index contributed by atoms with van der Waals surface area (Å²) in [6, 6.07) is 8.64. The van der Waals surface area contributed by atoms with Crippen LogP contribution >= 0.6 is 0 Å². The minimum Gasteiger partial charge on any atom is -0.374 e. The largest absolute Gasteiger partial charge is 0.374 e. The molecule has 2 aromatic rings. The van der Waals surface area contributed by atoms with Crippen LogP contribution in [0.25, 0.3) is 11.1 Å². The van der Waals surface area contributed by atoms with E-state index in [-0.39, 0.29) is 35.9 Å². The smallest absolute Gasteiger partial charge is 0.166 e. The molecule has 1 spiro atoms. The van der Waals surface area contributed by atoms with Crippen LogP contribution < -0.4 is 5.32 Å². The maximum absolute atomic E-state index is 15.6. The van der Waals surface area contributed by atoms with Crippen LogP contribution in [0.2, 0.25) is 0 Å². The monoisotopic (exact) mass is 531 g/mol. The van der Waals surface area contributed by atoms with Crippen LogP contribution in [0, 0.1) is 34.7 Å². The lowest BCUT2D eigenvalue weighted by Crippen LogP contribution is -2.41. The molecular formula is C31H37F4NO2. The third-order valence-electron chi connectivity index (χ3n) is 8.78. The standard InChI is InChI=1S/C27H30F3NO.C4H5FO.H2/c1-3-31-26-22(23(15-27(26)8-9-27)16(2)24-7-10-32-24)13-17-5-4-6-21(25(17)30)18-11-19(28)14-20(29)12-18;5-4(3-6)1-2-4;/h4-6,11-12,14,22-24,26,31H,2-3,7-10,13,15H2,1H3;3H,1-2H2;1H/t22-,23?,24-,26-;;/m1../s1. The predicted molar refractivity (Wildman–Crippen MR) is 141 cm³/mol. The topological polar surface area (TPSA) is 38.3 Å². The van der Waals surface area contributed by atoms with E-state index in [1.54, 1.807) is 18.2 Å². The van der Waals surface area contributed by atoms with Gasteiger partial charge in [0, 0.05) is 25.5 Å². The Labute approximate surface area is 223 Å². The van der Waals surface area contributed by atoms with Crippen LogP contribution in [-0.4, -0.2) is 37.3 Å². The first kappa shape index (κ1) is 27.1. The van der Waals surface area contributed by atoms with Crippen molar-refractivity contribution in [1.29, 1.82) is 0 Å². The van der Waals surface area contributed by atoms with Crippen LogP contribution in [-0.2, 0) is 16.0 Å². The van der Waals surface area contributed by atoms with Gasteiger partial charge in [-0.25, -0.2) is 17.6 Å². The van der Waals surface area contributed by atoms with Crippen molar-refractivity contribution in [2.24, 2.45) is 17.3 Å². The van der Waals surface area contributed by atoms with E-state index in [4.69, 9.17) is 4.74 Å². The minimum atomic E-state index is -1.39. The molecule has 0 aromatic heterocycles. The van der Waals surface area contributed by atoms with Gasteiger partial charge in [-0.3, -0.25) is 4.79 Å². The number of alkyl halides is 1. The zero-order valence-electron chi connectivity index (χ0n) is 21.8. The van der Waals surface area contributed by atoms with Crippen LogP contribution in [0.4, 0.5) is 17.6 Å². The maximum atomic E-state index is 15.6. The van der Waals surface area contributed by atoms with E-state index in [0.717, 1.165) is 37.6 Å². The average Bonchev–Trinajstić information content (AvgIpc) is 3.76. The number of carbonyl (C=O) groups excluding carboxylic acids is 1. The van der Waals surface area contributed by atoms with Gasteiger partial charge in [0.05, 0.1) is 12.7 Å². The summed E-state index contributed by atoms with van der Waals surface area (Å²) in [5, 5.41) is 3.70. The number of carbonyl (C=O) groups is 1. The maximum Gasteiger partial charge on any atom is 0.166 e. The minimum absolute atomic E-state index is 0. The molecule has 1 unspecified atom stereocenters. The van der Waals surface area contributed by atoms with Gasteiger partial charge in [0.2, 0.25) is 0 Å². The second-order valence-corrected chi connectivity index (χ2v) is 11.4. The van der Waals surface area contributed by atoms with Gasteiger partial charge in [-0.1, -0.05) is 31.7 Å². The lowest BCUT2D eigenvalue weighted by Gasteiger charge is -2.35. The van der Waals surface area contributed by atoms with Crippen molar-refractivity contribution in [2.45, 2.75) is 69.7 Å². The Kier molecular flexibility index (Phi) is 7.53. The number of aldehydes is 1. The normalized spacial score (nSPS) is 27.7. The zero-order valence-corrected chi connectivity index (χ0v) is 21.8. The fourth-order valence-electron chi connectivity index (χ4n) is 6.26. The van der Waals surface area contributed by atoms with Crippen molar-refractivity contribution in [2.75, 3.05) is 13.2 Å². The molecule has 4 fully saturated rings. The number of hydrogen-bond donors (Lipinski definition) is 1. The summed E-state index contributed by atoms with van der Waals surface area (Å²) in [4.78, 5) is 9.51. The van der Waals surface area contributed by atoms with Crippen LogP contribution in [0.5, 0.6) is 0 Å². The molecule has 6 rings (SSSR count). The zero-order chi connectivity index (χ0) is 27.1. The van der Waals surface area contributed by atoms with E-state index < -0.39 is 23.1 Å². The number of nitrogens with one attached hydrogen (secondary N) is 1. The molecule has 1 N–H and O–H groups in total. The van der Waals surface area contributed by atoms with Gasteiger partial charge in [-0.2, -0.15) is 0 Å². The van der Waals surface area contributed by atoms with Gasteiger partial charge in [0.15, 0.2) is 12.0 Å².